The van der Waals surface area contributed by atoms with Gasteiger partial charge in [-0.2, -0.15) is 0 Å². The fourth-order valence-corrected chi connectivity index (χ4v) is 1.33. The van der Waals surface area contributed by atoms with E-state index >= 15 is 0 Å². The minimum absolute atomic E-state index is 0.00983. The molecule has 1 aromatic carbocycles. The standard InChI is InChI=1S/C10H11Cl2NO/c11-4-1-5-13-10-6-9(12)3-2-8(10)7-14/h1-4,6,13-14H,5,7H2/b4-1+. The van der Waals surface area contributed by atoms with Gasteiger partial charge >= 0.3 is 0 Å². The minimum atomic E-state index is -0.00983. The maximum absolute atomic E-state index is 9.04. The van der Waals surface area contributed by atoms with E-state index in [4.69, 9.17) is 28.3 Å². The summed E-state index contributed by atoms with van der Waals surface area (Å²) in [6.45, 7) is 0.598. The smallest absolute Gasteiger partial charge is 0.0701 e. The van der Waals surface area contributed by atoms with Crippen LogP contribution in [0.25, 0.3) is 0 Å². The number of aliphatic hydroxyl groups is 1. The number of hydrogen-bond donors (Lipinski definition) is 2. The lowest BCUT2D eigenvalue weighted by molar-refractivity contribution is 0.282. The summed E-state index contributed by atoms with van der Waals surface area (Å²) in [5.41, 5.74) is 3.09. The Balaban J connectivity index is 2.76. The van der Waals surface area contributed by atoms with Gasteiger partial charge in [-0.1, -0.05) is 35.3 Å². The molecule has 0 fully saturated rings. The number of hydrogen-bond acceptors (Lipinski definition) is 2. The molecule has 14 heavy (non-hydrogen) atoms. The topological polar surface area (TPSA) is 32.3 Å². The molecule has 0 radical (unpaired) electrons. The lowest BCUT2D eigenvalue weighted by Gasteiger charge is -2.08. The van der Waals surface area contributed by atoms with Crippen LogP contribution in [0, 0.1) is 0 Å². The summed E-state index contributed by atoms with van der Waals surface area (Å²) in [4.78, 5) is 0. The third-order valence-corrected chi connectivity index (χ3v) is 2.15. The first-order valence-corrected chi connectivity index (χ1v) is 4.97. The van der Waals surface area contributed by atoms with Crippen molar-refractivity contribution in [1.29, 1.82) is 0 Å². The second kappa shape index (κ2) is 5.91. The zero-order valence-corrected chi connectivity index (χ0v) is 9.02. The molecule has 0 aliphatic heterocycles. The number of aliphatic hydroxyl groups excluding tert-OH is 1. The molecule has 0 saturated carbocycles. The second-order valence-corrected chi connectivity index (χ2v) is 3.39. The van der Waals surface area contributed by atoms with Gasteiger partial charge in [0.15, 0.2) is 0 Å². The third-order valence-electron chi connectivity index (χ3n) is 1.74. The normalized spacial score (nSPS) is 10.8. The first-order valence-electron chi connectivity index (χ1n) is 4.16. The molecular weight excluding hydrogens is 221 g/mol. The van der Waals surface area contributed by atoms with Gasteiger partial charge in [-0.25, -0.2) is 0 Å². The molecule has 0 amide bonds. The van der Waals surface area contributed by atoms with E-state index in [1.165, 1.54) is 5.54 Å². The highest BCUT2D eigenvalue weighted by Crippen LogP contribution is 2.20. The van der Waals surface area contributed by atoms with Crippen LogP contribution >= 0.6 is 23.2 Å². The zero-order chi connectivity index (χ0) is 10.4. The Kier molecular flexibility index (Phi) is 4.80. The monoisotopic (exact) mass is 231 g/mol. The molecule has 1 rings (SSSR count). The first-order chi connectivity index (χ1) is 6.77. The summed E-state index contributed by atoms with van der Waals surface area (Å²) in [7, 11) is 0. The summed E-state index contributed by atoms with van der Waals surface area (Å²) in [5.74, 6) is 0. The van der Waals surface area contributed by atoms with Gasteiger partial charge in [0.1, 0.15) is 0 Å². The van der Waals surface area contributed by atoms with E-state index < -0.39 is 0 Å². The minimum Gasteiger partial charge on any atom is -0.392 e. The van der Waals surface area contributed by atoms with Crippen molar-refractivity contribution in [3.8, 4) is 0 Å². The Bertz CT molecular complexity index is 326. The molecule has 76 valence electrons. The lowest BCUT2D eigenvalue weighted by Crippen LogP contribution is -2.01. The zero-order valence-electron chi connectivity index (χ0n) is 7.50. The van der Waals surface area contributed by atoms with Crippen LogP contribution in [0.15, 0.2) is 29.8 Å². The Morgan fingerprint density at radius 2 is 2.21 bits per heavy atom. The Morgan fingerprint density at radius 1 is 1.43 bits per heavy atom. The van der Waals surface area contributed by atoms with E-state index in [9.17, 15) is 0 Å². The van der Waals surface area contributed by atoms with Crippen molar-refractivity contribution in [3.05, 3.63) is 40.4 Å². The van der Waals surface area contributed by atoms with Crippen molar-refractivity contribution in [1.82, 2.24) is 0 Å². The highest BCUT2D eigenvalue weighted by Gasteiger charge is 2.00. The molecule has 0 atom stereocenters. The van der Waals surface area contributed by atoms with E-state index in [1.54, 1.807) is 24.3 Å². The molecule has 1 aromatic rings. The second-order valence-electron chi connectivity index (χ2n) is 2.70. The summed E-state index contributed by atoms with van der Waals surface area (Å²) in [5, 5.41) is 12.8. The van der Waals surface area contributed by atoms with Crippen molar-refractivity contribution in [2.45, 2.75) is 6.61 Å². The summed E-state index contributed by atoms with van der Waals surface area (Å²) < 4.78 is 0. The number of rotatable bonds is 4. The number of nitrogens with one attached hydrogen (secondary N) is 1. The molecule has 2 nitrogen and oxygen atoms in total. The molecule has 4 heteroatoms. The van der Waals surface area contributed by atoms with Gasteiger partial charge in [-0.3, -0.25) is 0 Å². The predicted octanol–water partition coefficient (Wildman–Crippen LogP) is 3.00. The van der Waals surface area contributed by atoms with Crippen LogP contribution in [-0.4, -0.2) is 11.7 Å². The van der Waals surface area contributed by atoms with Crippen molar-refractivity contribution in [3.63, 3.8) is 0 Å². The highest BCUT2D eigenvalue weighted by atomic mass is 35.5. The van der Waals surface area contributed by atoms with Crippen LogP contribution in [0.2, 0.25) is 5.02 Å². The van der Waals surface area contributed by atoms with Crippen LogP contribution in [0.5, 0.6) is 0 Å². The Hall–Kier alpha value is -0.700. The van der Waals surface area contributed by atoms with Crippen LogP contribution in [0.1, 0.15) is 5.56 Å². The van der Waals surface area contributed by atoms with Gasteiger partial charge in [-0.15, -0.1) is 0 Å². The summed E-state index contributed by atoms with van der Waals surface area (Å²) in [6, 6.07) is 5.31. The molecule has 0 bridgehead atoms. The largest absolute Gasteiger partial charge is 0.392 e. The van der Waals surface area contributed by atoms with E-state index in [-0.39, 0.29) is 6.61 Å². The maximum atomic E-state index is 9.04. The number of anilines is 1. The number of benzene rings is 1. The van der Waals surface area contributed by atoms with Gasteiger partial charge in [0.25, 0.3) is 0 Å². The van der Waals surface area contributed by atoms with E-state index in [2.05, 4.69) is 5.32 Å². The molecule has 0 aliphatic carbocycles. The Morgan fingerprint density at radius 3 is 2.86 bits per heavy atom. The quantitative estimate of drug-likeness (QED) is 0.836. The summed E-state index contributed by atoms with van der Waals surface area (Å²) in [6.07, 6.45) is 1.77. The van der Waals surface area contributed by atoms with Crippen molar-refractivity contribution in [2.24, 2.45) is 0 Å². The van der Waals surface area contributed by atoms with Crippen LogP contribution in [-0.2, 0) is 6.61 Å². The molecule has 0 aliphatic rings. The first kappa shape index (κ1) is 11.4. The van der Waals surface area contributed by atoms with Gasteiger partial charge in [0, 0.05) is 28.4 Å². The van der Waals surface area contributed by atoms with Crippen LogP contribution in [0.4, 0.5) is 5.69 Å². The van der Waals surface area contributed by atoms with Gasteiger partial charge in [0.05, 0.1) is 6.61 Å². The van der Waals surface area contributed by atoms with E-state index in [0.29, 0.717) is 11.6 Å². The average Bonchev–Trinajstić information content (AvgIpc) is 2.19. The molecule has 0 heterocycles. The third kappa shape index (κ3) is 3.22. The van der Waals surface area contributed by atoms with Crippen molar-refractivity contribution in [2.75, 3.05) is 11.9 Å². The fraction of sp³-hybridized carbons (Fsp3) is 0.200. The molecule has 0 unspecified atom stereocenters. The fourth-order valence-electron chi connectivity index (χ4n) is 1.06. The maximum Gasteiger partial charge on any atom is 0.0701 e. The van der Waals surface area contributed by atoms with Crippen molar-refractivity contribution >= 4 is 28.9 Å². The van der Waals surface area contributed by atoms with Crippen LogP contribution in [0.3, 0.4) is 0 Å². The highest BCUT2D eigenvalue weighted by molar-refractivity contribution is 6.30. The SMILES string of the molecule is OCc1ccc(Cl)cc1NC/C=C/Cl. The van der Waals surface area contributed by atoms with Crippen molar-refractivity contribution < 1.29 is 5.11 Å². The molecule has 0 spiro atoms. The van der Waals surface area contributed by atoms with Gasteiger partial charge in [-0.05, 0) is 12.1 Å². The lowest BCUT2D eigenvalue weighted by atomic mass is 10.2. The average molecular weight is 232 g/mol. The predicted molar refractivity (Wildman–Crippen MR) is 60.9 cm³/mol. The van der Waals surface area contributed by atoms with Gasteiger partial charge in [0.2, 0.25) is 0 Å². The molecule has 0 aromatic heterocycles. The number of halogens is 2. The molecular formula is C10H11Cl2NO. The van der Waals surface area contributed by atoms with E-state index in [1.807, 2.05) is 0 Å². The molecule has 0 saturated heterocycles. The summed E-state index contributed by atoms with van der Waals surface area (Å²) >= 11 is 11.2. The molecule has 2 N–H and O–H groups in total. The van der Waals surface area contributed by atoms with E-state index in [0.717, 1.165) is 11.3 Å². The Labute approximate surface area is 93.2 Å². The van der Waals surface area contributed by atoms with Gasteiger partial charge < -0.3 is 10.4 Å². The van der Waals surface area contributed by atoms with Crippen LogP contribution < -0.4 is 5.32 Å².